The fraction of sp³-hybridized carbons (Fsp3) is 0.478. The third-order valence-corrected chi connectivity index (χ3v) is 5.96. The highest BCUT2D eigenvalue weighted by Crippen LogP contribution is 2.16. The molecular formula is C23H30N6O. The Balaban J connectivity index is 1.27. The van der Waals surface area contributed by atoms with E-state index >= 15 is 0 Å². The van der Waals surface area contributed by atoms with E-state index in [0.29, 0.717) is 25.2 Å². The van der Waals surface area contributed by atoms with Crippen LogP contribution in [-0.4, -0.2) is 43.5 Å². The third-order valence-electron chi connectivity index (χ3n) is 5.96. The quantitative estimate of drug-likeness (QED) is 0.653. The van der Waals surface area contributed by atoms with Crippen molar-refractivity contribution in [3.8, 4) is 0 Å². The summed E-state index contributed by atoms with van der Waals surface area (Å²) in [6, 6.07) is 8.61. The zero-order valence-corrected chi connectivity index (χ0v) is 17.9. The van der Waals surface area contributed by atoms with Crippen LogP contribution in [0.5, 0.6) is 0 Å². The number of hydrogen-bond acceptors (Lipinski definition) is 5. The van der Waals surface area contributed by atoms with E-state index in [4.69, 9.17) is 0 Å². The van der Waals surface area contributed by atoms with Gasteiger partial charge in [-0.2, -0.15) is 10.1 Å². The molecule has 1 saturated heterocycles. The molecule has 3 heterocycles. The number of hydrogen-bond donors (Lipinski definition) is 1. The molecule has 0 spiro atoms. The summed E-state index contributed by atoms with van der Waals surface area (Å²) < 4.78 is 1.73. The second kappa shape index (κ2) is 9.34. The Hall–Kier alpha value is -2.80. The van der Waals surface area contributed by atoms with Crippen LogP contribution in [0.4, 0.5) is 0 Å². The smallest absolute Gasteiger partial charge is 0.252 e. The summed E-state index contributed by atoms with van der Waals surface area (Å²) in [6.45, 7) is 7.94. The molecule has 1 aliphatic rings. The van der Waals surface area contributed by atoms with Gasteiger partial charge in [0.05, 0.1) is 0 Å². The van der Waals surface area contributed by atoms with Crippen molar-refractivity contribution in [1.82, 2.24) is 29.8 Å². The largest absolute Gasteiger partial charge is 0.352 e. The molecule has 7 heteroatoms. The lowest BCUT2D eigenvalue weighted by Crippen LogP contribution is -2.29. The van der Waals surface area contributed by atoms with Crippen LogP contribution in [0.15, 0.2) is 30.6 Å². The number of amides is 1. The summed E-state index contributed by atoms with van der Waals surface area (Å²) in [5.74, 6) is 0.645. The first-order valence-electron chi connectivity index (χ1n) is 10.8. The molecule has 158 valence electrons. The number of nitrogens with zero attached hydrogens (tertiary/aromatic N) is 5. The Bertz CT molecular complexity index is 1000. The first-order valence-corrected chi connectivity index (χ1v) is 10.8. The minimum atomic E-state index is 0.0462. The molecular weight excluding hydrogens is 376 g/mol. The maximum absolute atomic E-state index is 12.4. The Morgan fingerprint density at radius 3 is 2.57 bits per heavy atom. The highest BCUT2D eigenvalue weighted by molar-refractivity contribution is 5.76. The van der Waals surface area contributed by atoms with E-state index in [-0.39, 0.29) is 5.91 Å². The van der Waals surface area contributed by atoms with Crippen molar-refractivity contribution >= 4 is 11.7 Å². The number of carbonyl (C=O) groups is 1. The number of aryl methyl sites for hydroxylation is 2. The number of aromatic nitrogens is 4. The van der Waals surface area contributed by atoms with Gasteiger partial charge in [0.2, 0.25) is 5.91 Å². The van der Waals surface area contributed by atoms with Crippen LogP contribution in [0.3, 0.4) is 0 Å². The molecule has 0 radical (unpaired) electrons. The molecule has 0 aliphatic carbocycles. The summed E-state index contributed by atoms with van der Waals surface area (Å²) >= 11 is 0. The Labute approximate surface area is 177 Å². The lowest BCUT2D eigenvalue weighted by Gasteiger charge is -2.26. The van der Waals surface area contributed by atoms with Gasteiger partial charge in [-0.1, -0.05) is 30.7 Å². The second-order valence-corrected chi connectivity index (χ2v) is 8.16. The van der Waals surface area contributed by atoms with Crippen LogP contribution in [0.2, 0.25) is 0 Å². The molecule has 2 aromatic heterocycles. The molecule has 7 nitrogen and oxygen atoms in total. The van der Waals surface area contributed by atoms with Gasteiger partial charge in [-0.25, -0.2) is 9.50 Å². The number of fused-ring (bicyclic) bond motifs is 1. The van der Waals surface area contributed by atoms with Gasteiger partial charge in [0.25, 0.3) is 5.78 Å². The van der Waals surface area contributed by atoms with Gasteiger partial charge >= 0.3 is 0 Å². The van der Waals surface area contributed by atoms with E-state index in [1.165, 1.54) is 44.2 Å². The van der Waals surface area contributed by atoms with Crippen LogP contribution < -0.4 is 5.32 Å². The molecule has 1 fully saturated rings. The molecule has 3 aromatic rings. The number of rotatable bonds is 7. The van der Waals surface area contributed by atoms with Crippen LogP contribution in [-0.2, 0) is 24.3 Å². The zero-order valence-electron chi connectivity index (χ0n) is 17.9. The van der Waals surface area contributed by atoms with E-state index in [9.17, 15) is 4.79 Å². The highest BCUT2D eigenvalue weighted by atomic mass is 16.1. The highest BCUT2D eigenvalue weighted by Gasteiger charge is 2.13. The van der Waals surface area contributed by atoms with E-state index < -0.39 is 0 Å². The van der Waals surface area contributed by atoms with Crippen LogP contribution in [0.25, 0.3) is 5.78 Å². The predicted octanol–water partition coefficient (Wildman–Crippen LogP) is 2.98. The molecule has 4 rings (SSSR count). The first-order chi connectivity index (χ1) is 14.6. The fourth-order valence-electron chi connectivity index (χ4n) is 4.18. The fourth-order valence-corrected chi connectivity index (χ4v) is 4.18. The molecule has 0 unspecified atom stereocenters. The van der Waals surface area contributed by atoms with Gasteiger partial charge in [-0.3, -0.25) is 9.69 Å². The van der Waals surface area contributed by atoms with Gasteiger partial charge in [-0.05, 0) is 62.9 Å². The second-order valence-electron chi connectivity index (χ2n) is 8.16. The van der Waals surface area contributed by atoms with Crippen molar-refractivity contribution < 1.29 is 4.79 Å². The van der Waals surface area contributed by atoms with Crippen molar-refractivity contribution in [1.29, 1.82) is 0 Å². The average Bonchev–Trinajstić information content (AvgIpc) is 3.22. The van der Waals surface area contributed by atoms with Gasteiger partial charge in [-0.15, -0.1) is 0 Å². The summed E-state index contributed by atoms with van der Waals surface area (Å²) in [4.78, 5) is 23.5. The van der Waals surface area contributed by atoms with E-state index in [2.05, 4.69) is 49.5 Å². The molecule has 0 saturated carbocycles. The van der Waals surface area contributed by atoms with Gasteiger partial charge in [0, 0.05) is 30.9 Å². The molecule has 1 amide bonds. The Morgan fingerprint density at radius 1 is 1.07 bits per heavy atom. The minimum absolute atomic E-state index is 0.0462. The van der Waals surface area contributed by atoms with Gasteiger partial charge in [0.15, 0.2) is 0 Å². The molecule has 1 aromatic carbocycles. The standard InChI is InChI=1S/C23H30N6O/c1-17-21(18(2)29-23(27-17)25-16-26-29)10-11-22(30)24-14-19-6-8-20(9-7-19)15-28-12-4-3-5-13-28/h6-9,16H,3-5,10-15H2,1-2H3,(H,24,30). The number of benzene rings is 1. The van der Waals surface area contributed by atoms with E-state index in [0.717, 1.165) is 29.1 Å². The third kappa shape index (κ3) is 4.84. The van der Waals surface area contributed by atoms with Crippen molar-refractivity contribution in [2.45, 2.75) is 59.0 Å². The summed E-state index contributed by atoms with van der Waals surface area (Å²) in [5, 5.41) is 7.24. The molecule has 1 N–H and O–H groups in total. The molecule has 0 atom stereocenters. The van der Waals surface area contributed by atoms with Crippen molar-refractivity contribution in [3.63, 3.8) is 0 Å². The van der Waals surface area contributed by atoms with Crippen molar-refractivity contribution in [2.24, 2.45) is 0 Å². The normalized spacial score (nSPS) is 14.9. The lowest BCUT2D eigenvalue weighted by molar-refractivity contribution is -0.121. The van der Waals surface area contributed by atoms with Gasteiger partial charge < -0.3 is 5.32 Å². The maximum Gasteiger partial charge on any atom is 0.252 e. The molecule has 0 bridgehead atoms. The van der Waals surface area contributed by atoms with E-state index in [1.807, 2.05) is 13.8 Å². The number of nitrogens with one attached hydrogen (secondary N) is 1. The number of piperidine rings is 1. The molecule has 30 heavy (non-hydrogen) atoms. The monoisotopic (exact) mass is 406 g/mol. The Morgan fingerprint density at radius 2 is 1.80 bits per heavy atom. The zero-order chi connectivity index (χ0) is 20.9. The van der Waals surface area contributed by atoms with Crippen LogP contribution in [0.1, 0.15) is 53.8 Å². The van der Waals surface area contributed by atoms with Crippen molar-refractivity contribution in [2.75, 3.05) is 13.1 Å². The number of likely N-dealkylation sites (tertiary alicyclic amines) is 1. The summed E-state index contributed by atoms with van der Waals surface area (Å²) in [7, 11) is 0. The Kier molecular flexibility index (Phi) is 6.38. The summed E-state index contributed by atoms with van der Waals surface area (Å²) in [6.07, 6.45) is 6.55. The number of carbonyl (C=O) groups excluding carboxylic acids is 1. The SMILES string of the molecule is Cc1nc2ncnn2c(C)c1CCC(=O)NCc1ccc(CN2CCCCC2)cc1. The van der Waals surface area contributed by atoms with E-state index in [1.54, 1.807) is 4.52 Å². The summed E-state index contributed by atoms with van der Waals surface area (Å²) in [5.41, 5.74) is 5.43. The lowest BCUT2D eigenvalue weighted by atomic mass is 10.1. The average molecular weight is 407 g/mol. The molecule has 1 aliphatic heterocycles. The predicted molar refractivity (Wildman–Crippen MR) is 116 cm³/mol. The van der Waals surface area contributed by atoms with Gasteiger partial charge in [0.1, 0.15) is 6.33 Å². The minimum Gasteiger partial charge on any atom is -0.352 e. The van der Waals surface area contributed by atoms with Crippen LogP contribution >= 0.6 is 0 Å². The maximum atomic E-state index is 12.4. The van der Waals surface area contributed by atoms with Crippen LogP contribution in [0, 0.1) is 13.8 Å². The van der Waals surface area contributed by atoms with Crippen molar-refractivity contribution in [3.05, 3.63) is 58.7 Å². The first kappa shape index (κ1) is 20.5. The topological polar surface area (TPSA) is 75.4 Å².